The second-order valence-electron chi connectivity index (χ2n) is 3.36. The SMILES string of the molecule is Cn1cc(CCn2ncccc2=O)cn1. The predicted molar refractivity (Wildman–Crippen MR) is 55.4 cm³/mol. The molecule has 0 aliphatic heterocycles. The average Bonchev–Trinajstić information content (AvgIpc) is 2.63. The molecule has 2 aromatic rings. The van der Waals surface area contributed by atoms with E-state index in [1.165, 1.54) is 10.7 Å². The van der Waals surface area contributed by atoms with Crippen molar-refractivity contribution in [2.24, 2.45) is 7.05 Å². The third-order valence-electron chi connectivity index (χ3n) is 2.16. The molecule has 0 fully saturated rings. The maximum absolute atomic E-state index is 11.3. The minimum Gasteiger partial charge on any atom is -0.276 e. The molecular formula is C10H12N4O. The summed E-state index contributed by atoms with van der Waals surface area (Å²) in [5.74, 6) is 0. The molecule has 0 spiro atoms. The summed E-state index contributed by atoms with van der Waals surface area (Å²) in [6, 6.07) is 3.15. The zero-order valence-electron chi connectivity index (χ0n) is 8.50. The third-order valence-corrected chi connectivity index (χ3v) is 2.16. The van der Waals surface area contributed by atoms with Gasteiger partial charge in [-0.2, -0.15) is 10.2 Å². The van der Waals surface area contributed by atoms with Gasteiger partial charge < -0.3 is 0 Å². The lowest BCUT2D eigenvalue weighted by Crippen LogP contribution is -2.22. The van der Waals surface area contributed by atoms with Gasteiger partial charge in [-0.05, 0) is 18.1 Å². The number of hydrogen-bond donors (Lipinski definition) is 0. The maximum Gasteiger partial charge on any atom is 0.266 e. The van der Waals surface area contributed by atoms with E-state index in [9.17, 15) is 4.79 Å². The Kier molecular flexibility index (Phi) is 2.62. The van der Waals surface area contributed by atoms with E-state index in [4.69, 9.17) is 0 Å². The first-order chi connectivity index (χ1) is 7.25. The van der Waals surface area contributed by atoms with Gasteiger partial charge in [0.1, 0.15) is 0 Å². The molecular weight excluding hydrogens is 192 g/mol. The number of nitrogens with zero attached hydrogens (tertiary/aromatic N) is 4. The lowest BCUT2D eigenvalue weighted by atomic mass is 10.2. The Labute approximate surface area is 87.0 Å². The first-order valence-corrected chi connectivity index (χ1v) is 4.75. The van der Waals surface area contributed by atoms with Crippen molar-refractivity contribution in [3.63, 3.8) is 0 Å². The molecule has 0 unspecified atom stereocenters. The van der Waals surface area contributed by atoms with Crippen molar-refractivity contribution < 1.29 is 0 Å². The Bertz CT molecular complexity index is 500. The summed E-state index contributed by atoms with van der Waals surface area (Å²) in [7, 11) is 1.87. The van der Waals surface area contributed by atoms with E-state index in [2.05, 4.69) is 10.2 Å². The Hall–Kier alpha value is -1.91. The van der Waals surface area contributed by atoms with Gasteiger partial charge in [-0.1, -0.05) is 0 Å². The van der Waals surface area contributed by atoms with Gasteiger partial charge in [0.25, 0.3) is 5.56 Å². The molecule has 0 aliphatic carbocycles. The monoisotopic (exact) mass is 204 g/mol. The van der Waals surface area contributed by atoms with Crippen LogP contribution in [0.3, 0.4) is 0 Å². The van der Waals surface area contributed by atoms with Crippen LogP contribution in [-0.2, 0) is 20.0 Å². The number of aryl methyl sites for hydroxylation is 3. The Morgan fingerprint density at radius 3 is 2.93 bits per heavy atom. The zero-order chi connectivity index (χ0) is 10.7. The third kappa shape index (κ3) is 2.31. The highest BCUT2D eigenvalue weighted by atomic mass is 16.1. The molecule has 0 amide bonds. The second kappa shape index (κ2) is 4.08. The lowest BCUT2D eigenvalue weighted by molar-refractivity contribution is 0.577. The van der Waals surface area contributed by atoms with Gasteiger partial charge in [0, 0.05) is 32.1 Å². The molecule has 0 aromatic carbocycles. The molecule has 0 N–H and O–H groups in total. The molecule has 15 heavy (non-hydrogen) atoms. The molecule has 5 heteroatoms. The largest absolute Gasteiger partial charge is 0.276 e. The van der Waals surface area contributed by atoms with Gasteiger partial charge >= 0.3 is 0 Å². The van der Waals surface area contributed by atoms with E-state index in [1.54, 1.807) is 23.1 Å². The van der Waals surface area contributed by atoms with E-state index in [-0.39, 0.29) is 5.56 Å². The summed E-state index contributed by atoms with van der Waals surface area (Å²) in [6.45, 7) is 0.589. The van der Waals surface area contributed by atoms with E-state index >= 15 is 0 Å². The molecule has 0 saturated heterocycles. The minimum absolute atomic E-state index is 0.0682. The smallest absolute Gasteiger partial charge is 0.266 e. The molecule has 0 aliphatic rings. The normalized spacial score (nSPS) is 10.5. The molecule has 2 heterocycles. The van der Waals surface area contributed by atoms with Crippen molar-refractivity contribution >= 4 is 0 Å². The molecule has 5 nitrogen and oxygen atoms in total. The van der Waals surface area contributed by atoms with Crippen LogP contribution in [0.5, 0.6) is 0 Å². The van der Waals surface area contributed by atoms with Crippen LogP contribution in [0, 0.1) is 0 Å². The van der Waals surface area contributed by atoms with Crippen LogP contribution < -0.4 is 5.56 Å². The summed E-state index contributed by atoms with van der Waals surface area (Å²) in [6.07, 6.45) is 6.12. The molecule has 0 atom stereocenters. The van der Waals surface area contributed by atoms with Gasteiger partial charge in [0.2, 0.25) is 0 Å². The maximum atomic E-state index is 11.3. The number of rotatable bonds is 3. The molecule has 2 aromatic heterocycles. The number of aromatic nitrogens is 4. The number of hydrogen-bond acceptors (Lipinski definition) is 3. The van der Waals surface area contributed by atoms with Gasteiger partial charge in [0.15, 0.2) is 0 Å². The van der Waals surface area contributed by atoms with Crippen LogP contribution >= 0.6 is 0 Å². The highest BCUT2D eigenvalue weighted by molar-refractivity contribution is 5.03. The van der Waals surface area contributed by atoms with Gasteiger partial charge in [-0.15, -0.1) is 0 Å². The second-order valence-corrected chi connectivity index (χ2v) is 3.36. The van der Waals surface area contributed by atoms with Crippen LogP contribution in [0.25, 0.3) is 0 Å². The van der Waals surface area contributed by atoms with E-state index in [0.29, 0.717) is 6.54 Å². The van der Waals surface area contributed by atoms with E-state index in [1.807, 2.05) is 13.2 Å². The quantitative estimate of drug-likeness (QED) is 0.718. The van der Waals surface area contributed by atoms with Crippen LogP contribution in [0.2, 0.25) is 0 Å². The topological polar surface area (TPSA) is 52.7 Å². The van der Waals surface area contributed by atoms with E-state index < -0.39 is 0 Å². The van der Waals surface area contributed by atoms with Crippen molar-refractivity contribution in [3.8, 4) is 0 Å². The molecule has 0 radical (unpaired) electrons. The van der Waals surface area contributed by atoms with Crippen LogP contribution in [0.4, 0.5) is 0 Å². The van der Waals surface area contributed by atoms with Crippen LogP contribution in [0.15, 0.2) is 35.5 Å². The van der Waals surface area contributed by atoms with Crippen molar-refractivity contribution in [2.45, 2.75) is 13.0 Å². The molecule has 0 saturated carbocycles. The fourth-order valence-electron chi connectivity index (χ4n) is 1.39. The highest BCUT2D eigenvalue weighted by Crippen LogP contribution is 1.97. The van der Waals surface area contributed by atoms with E-state index in [0.717, 1.165) is 12.0 Å². The van der Waals surface area contributed by atoms with Crippen molar-refractivity contribution in [3.05, 3.63) is 46.6 Å². The first-order valence-electron chi connectivity index (χ1n) is 4.75. The molecule has 0 bridgehead atoms. The summed E-state index contributed by atoms with van der Waals surface area (Å²) >= 11 is 0. The summed E-state index contributed by atoms with van der Waals surface area (Å²) in [5.41, 5.74) is 1.04. The summed E-state index contributed by atoms with van der Waals surface area (Å²) in [5, 5.41) is 8.04. The Balaban J connectivity index is 2.05. The summed E-state index contributed by atoms with van der Waals surface area (Å²) < 4.78 is 3.20. The fourth-order valence-corrected chi connectivity index (χ4v) is 1.39. The van der Waals surface area contributed by atoms with Crippen LogP contribution in [0.1, 0.15) is 5.56 Å². The Morgan fingerprint density at radius 2 is 2.27 bits per heavy atom. The lowest BCUT2D eigenvalue weighted by Gasteiger charge is -2.00. The standard InChI is InChI=1S/C10H12N4O/c1-13-8-9(7-12-13)4-6-14-10(15)3-2-5-11-14/h2-3,5,7-8H,4,6H2,1H3. The summed E-state index contributed by atoms with van der Waals surface area (Å²) in [4.78, 5) is 11.3. The van der Waals surface area contributed by atoms with Gasteiger partial charge in [-0.25, -0.2) is 4.68 Å². The van der Waals surface area contributed by atoms with Crippen LogP contribution in [-0.4, -0.2) is 19.6 Å². The van der Waals surface area contributed by atoms with Gasteiger partial charge in [0.05, 0.1) is 6.20 Å². The first kappa shape index (κ1) is 9.64. The average molecular weight is 204 g/mol. The molecule has 78 valence electrons. The Morgan fingerprint density at radius 1 is 1.40 bits per heavy atom. The van der Waals surface area contributed by atoms with Gasteiger partial charge in [-0.3, -0.25) is 9.48 Å². The van der Waals surface area contributed by atoms with Crippen molar-refractivity contribution in [1.82, 2.24) is 19.6 Å². The molecule has 2 rings (SSSR count). The highest BCUT2D eigenvalue weighted by Gasteiger charge is 1.98. The van der Waals surface area contributed by atoms with Crippen molar-refractivity contribution in [1.29, 1.82) is 0 Å². The fraction of sp³-hybridized carbons (Fsp3) is 0.300. The zero-order valence-corrected chi connectivity index (χ0v) is 8.50. The predicted octanol–water partition coefficient (Wildman–Crippen LogP) is 0.220. The minimum atomic E-state index is -0.0682. The van der Waals surface area contributed by atoms with Crippen molar-refractivity contribution in [2.75, 3.05) is 0 Å².